The molecule has 3 amide bonds. The number of anilines is 1. The van der Waals surface area contributed by atoms with Crippen LogP contribution >= 0.6 is 0 Å². The molecule has 126 valence electrons. The first-order chi connectivity index (χ1) is 11.5. The van der Waals surface area contributed by atoms with Crippen molar-refractivity contribution >= 4 is 23.4 Å². The van der Waals surface area contributed by atoms with Gasteiger partial charge in [0.05, 0.1) is 11.8 Å². The van der Waals surface area contributed by atoms with Crippen molar-refractivity contribution in [1.29, 1.82) is 0 Å². The number of para-hydroxylation sites is 1. The van der Waals surface area contributed by atoms with Gasteiger partial charge in [-0.3, -0.25) is 24.6 Å². The number of rotatable bonds is 3. The van der Waals surface area contributed by atoms with E-state index in [1.807, 2.05) is 38.1 Å². The average Bonchev–Trinajstić information content (AvgIpc) is 3.12. The summed E-state index contributed by atoms with van der Waals surface area (Å²) >= 11 is 0. The van der Waals surface area contributed by atoms with Gasteiger partial charge in [0.25, 0.3) is 0 Å². The molecule has 0 bridgehead atoms. The Kier molecular flexibility index (Phi) is 3.28. The SMILES string of the molecule is CCCCN1C(=O)C2C(C)NC3(C(=O)Nc4ccccc43)C2C1=O. The van der Waals surface area contributed by atoms with Gasteiger partial charge in [-0.15, -0.1) is 0 Å². The zero-order chi connectivity index (χ0) is 17.1. The number of unbranched alkanes of at least 4 members (excludes halogenated alkanes) is 1. The van der Waals surface area contributed by atoms with E-state index in [2.05, 4.69) is 10.6 Å². The van der Waals surface area contributed by atoms with Crippen molar-refractivity contribution in [2.75, 3.05) is 11.9 Å². The van der Waals surface area contributed by atoms with Crippen molar-refractivity contribution in [2.45, 2.75) is 38.3 Å². The van der Waals surface area contributed by atoms with Crippen LogP contribution in [0.15, 0.2) is 24.3 Å². The summed E-state index contributed by atoms with van der Waals surface area (Å²) in [5.41, 5.74) is 0.358. The predicted octanol–water partition coefficient (Wildman–Crippen LogP) is 1.23. The predicted molar refractivity (Wildman–Crippen MR) is 88.0 cm³/mol. The third kappa shape index (κ3) is 1.72. The maximum Gasteiger partial charge on any atom is 0.250 e. The number of nitrogens with one attached hydrogen (secondary N) is 2. The second-order valence-corrected chi connectivity index (χ2v) is 6.93. The Labute approximate surface area is 140 Å². The van der Waals surface area contributed by atoms with Gasteiger partial charge in [0.1, 0.15) is 5.54 Å². The Morgan fingerprint density at radius 2 is 1.92 bits per heavy atom. The molecule has 2 fully saturated rings. The van der Waals surface area contributed by atoms with Crippen molar-refractivity contribution in [1.82, 2.24) is 10.2 Å². The molecule has 1 spiro atoms. The van der Waals surface area contributed by atoms with E-state index in [0.29, 0.717) is 6.54 Å². The summed E-state index contributed by atoms with van der Waals surface area (Å²) in [7, 11) is 0. The zero-order valence-corrected chi connectivity index (χ0v) is 13.8. The minimum absolute atomic E-state index is 0.146. The molecule has 3 aliphatic heterocycles. The standard InChI is InChI=1S/C18H21N3O3/c1-3-4-9-21-15(22)13-10(2)20-18(14(13)16(21)23)11-7-5-6-8-12(11)19-17(18)24/h5-8,10,13-14,20H,3-4,9H2,1-2H3,(H,19,24). The molecule has 0 radical (unpaired) electrons. The van der Waals surface area contributed by atoms with E-state index in [-0.39, 0.29) is 23.8 Å². The van der Waals surface area contributed by atoms with Crippen LogP contribution in [0.5, 0.6) is 0 Å². The van der Waals surface area contributed by atoms with Gasteiger partial charge in [0.2, 0.25) is 17.7 Å². The van der Waals surface area contributed by atoms with E-state index >= 15 is 0 Å². The summed E-state index contributed by atoms with van der Waals surface area (Å²) in [4.78, 5) is 40.1. The number of carbonyl (C=O) groups is 3. The van der Waals surface area contributed by atoms with Crippen LogP contribution in [0.4, 0.5) is 5.69 Å². The van der Waals surface area contributed by atoms with E-state index in [9.17, 15) is 14.4 Å². The van der Waals surface area contributed by atoms with Gasteiger partial charge in [-0.1, -0.05) is 31.5 Å². The molecule has 6 heteroatoms. The molecule has 6 nitrogen and oxygen atoms in total. The van der Waals surface area contributed by atoms with Crippen molar-refractivity contribution in [3.05, 3.63) is 29.8 Å². The van der Waals surface area contributed by atoms with Gasteiger partial charge in [-0.05, 0) is 19.4 Å². The summed E-state index contributed by atoms with van der Waals surface area (Å²) in [6.07, 6.45) is 1.70. The molecule has 4 unspecified atom stereocenters. The maximum absolute atomic E-state index is 13.1. The largest absolute Gasteiger partial charge is 0.324 e. The van der Waals surface area contributed by atoms with Gasteiger partial charge in [-0.2, -0.15) is 0 Å². The molecule has 1 aromatic rings. The van der Waals surface area contributed by atoms with Gasteiger partial charge in [0, 0.05) is 23.8 Å². The Morgan fingerprint density at radius 1 is 1.17 bits per heavy atom. The summed E-state index contributed by atoms with van der Waals surface area (Å²) in [5.74, 6) is -1.75. The van der Waals surface area contributed by atoms with Gasteiger partial charge >= 0.3 is 0 Å². The molecule has 0 saturated carbocycles. The fourth-order valence-corrected chi connectivity index (χ4v) is 4.52. The van der Waals surface area contributed by atoms with Crippen LogP contribution in [0.2, 0.25) is 0 Å². The summed E-state index contributed by atoms with van der Waals surface area (Å²) in [6, 6.07) is 7.18. The van der Waals surface area contributed by atoms with Crippen LogP contribution in [-0.4, -0.2) is 35.2 Å². The van der Waals surface area contributed by atoms with Crippen LogP contribution < -0.4 is 10.6 Å². The first-order valence-electron chi connectivity index (χ1n) is 8.56. The number of carbonyl (C=O) groups excluding carboxylic acids is 3. The fourth-order valence-electron chi connectivity index (χ4n) is 4.52. The number of imide groups is 1. The molecule has 0 aliphatic carbocycles. The van der Waals surface area contributed by atoms with E-state index in [1.54, 1.807) is 0 Å². The number of hydrogen-bond acceptors (Lipinski definition) is 4. The number of amides is 3. The molecular formula is C18H21N3O3. The Balaban J connectivity index is 1.82. The fraction of sp³-hybridized carbons (Fsp3) is 0.500. The number of likely N-dealkylation sites (tertiary alicyclic amines) is 1. The molecule has 2 saturated heterocycles. The number of hydrogen-bond donors (Lipinski definition) is 2. The van der Waals surface area contributed by atoms with E-state index in [4.69, 9.17) is 0 Å². The van der Waals surface area contributed by atoms with Crippen molar-refractivity contribution in [3.63, 3.8) is 0 Å². The molecule has 3 heterocycles. The highest BCUT2D eigenvalue weighted by atomic mass is 16.2. The van der Waals surface area contributed by atoms with Crippen LogP contribution in [0.1, 0.15) is 32.3 Å². The highest BCUT2D eigenvalue weighted by molar-refractivity contribution is 6.15. The highest BCUT2D eigenvalue weighted by Gasteiger charge is 2.69. The van der Waals surface area contributed by atoms with Gasteiger partial charge < -0.3 is 5.32 Å². The lowest BCUT2D eigenvalue weighted by Gasteiger charge is -2.29. The van der Waals surface area contributed by atoms with Crippen LogP contribution in [-0.2, 0) is 19.9 Å². The minimum Gasteiger partial charge on any atom is -0.324 e. The van der Waals surface area contributed by atoms with E-state index in [0.717, 1.165) is 24.1 Å². The van der Waals surface area contributed by atoms with Gasteiger partial charge in [0.15, 0.2) is 0 Å². The first-order valence-corrected chi connectivity index (χ1v) is 8.56. The van der Waals surface area contributed by atoms with Crippen molar-refractivity contribution < 1.29 is 14.4 Å². The second-order valence-electron chi connectivity index (χ2n) is 6.93. The molecule has 0 aromatic heterocycles. The molecule has 1 aromatic carbocycles. The maximum atomic E-state index is 13.1. The Hall–Kier alpha value is -2.21. The van der Waals surface area contributed by atoms with E-state index in [1.165, 1.54) is 4.90 Å². The molecular weight excluding hydrogens is 306 g/mol. The normalized spacial score (nSPS) is 34.0. The lowest BCUT2D eigenvalue weighted by molar-refractivity contribution is -0.142. The lowest BCUT2D eigenvalue weighted by atomic mass is 9.76. The molecule has 3 aliphatic rings. The van der Waals surface area contributed by atoms with Gasteiger partial charge in [-0.25, -0.2) is 0 Å². The lowest BCUT2D eigenvalue weighted by Crippen LogP contribution is -2.52. The molecule has 2 N–H and O–H groups in total. The van der Waals surface area contributed by atoms with Crippen molar-refractivity contribution in [3.8, 4) is 0 Å². The van der Waals surface area contributed by atoms with Crippen molar-refractivity contribution in [2.24, 2.45) is 11.8 Å². The third-order valence-corrected chi connectivity index (χ3v) is 5.60. The summed E-state index contributed by atoms with van der Waals surface area (Å²) < 4.78 is 0. The monoisotopic (exact) mass is 327 g/mol. The Bertz CT molecular complexity index is 747. The second kappa shape index (κ2) is 5.14. The number of benzene rings is 1. The molecule has 4 atom stereocenters. The van der Waals surface area contributed by atoms with E-state index < -0.39 is 17.4 Å². The number of fused-ring (bicyclic) bond motifs is 4. The quantitative estimate of drug-likeness (QED) is 0.819. The van der Waals surface area contributed by atoms with Crippen LogP contribution in [0, 0.1) is 11.8 Å². The van der Waals surface area contributed by atoms with Crippen LogP contribution in [0.25, 0.3) is 0 Å². The zero-order valence-electron chi connectivity index (χ0n) is 13.8. The first kappa shape index (κ1) is 15.3. The minimum atomic E-state index is -1.13. The molecule has 4 rings (SSSR count). The third-order valence-electron chi connectivity index (χ3n) is 5.60. The van der Waals surface area contributed by atoms with Crippen LogP contribution in [0.3, 0.4) is 0 Å². The number of nitrogens with zero attached hydrogens (tertiary/aromatic N) is 1. The summed E-state index contributed by atoms with van der Waals surface area (Å²) in [6.45, 7) is 4.35. The average molecular weight is 327 g/mol. The molecule has 24 heavy (non-hydrogen) atoms. The Morgan fingerprint density at radius 3 is 2.67 bits per heavy atom. The summed E-state index contributed by atoms with van der Waals surface area (Å²) in [5, 5.41) is 6.17. The smallest absolute Gasteiger partial charge is 0.250 e. The highest BCUT2D eigenvalue weighted by Crippen LogP contribution is 2.52. The topological polar surface area (TPSA) is 78.5 Å².